The van der Waals surface area contributed by atoms with E-state index in [9.17, 15) is 9.90 Å². The van der Waals surface area contributed by atoms with E-state index in [2.05, 4.69) is 16.8 Å². The van der Waals surface area contributed by atoms with Crippen LogP contribution in [-0.2, 0) is 9.59 Å². The Morgan fingerprint density at radius 2 is 1.84 bits per heavy atom. The van der Waals surface area contributed by atoms with Crippen molar-refractivity contribution in [2.45, 2.75) is 25.0 Å². The quantitative estimate of drug-likeness (QED) is 0.663. The van der Waals surface area contributed by atoms with Gasteiger partial charge in [-0.15, -0.1) is 0 Å². The highest BCUT2D eigenvalue weighted by atomic mass is 35.5. The van der Waals surface area contributed by atoms with Gasteiger partial charge in [0.05, 0.1) is 6.10 Å². The Bertz CT molecular complexity index is 744. The van der Waals surface area contributed by atoms with Crippen LogP contribution in [0, 0.1) is 11.8 Å². The summed E-state index contributed by atoms with van der Waals surface area (Å²) in [5.41, 5.74) is 0. The smallest absolute Gasteiger partial charge is 0.290 e. The molecule has 2 aliphatic heterocycles. The first kappa shape index (κ1) is 23.8. The number of aliphatic hydroxyl groups is 1. The van der Waals surface area contributed by atoms with Crippen LogP contribution >= 0.6 is 11.6 Å². The molecule has 31 heavy (non-hydrogen) atoms. The van der Waals surface area contributed by atoms with Gasteiger partial charge in [-0.2, -0.15) is 0 Å². The summed E-state index contributed by atoms with van der Waals surface area (Å²) in [5.74, 6) is 1.50. The Morgan fingerprint density at radius 1 is 1.19 bits per heavy atom. The van der Waals surface area contributed by atoms with Gasteiger partial charge in [0.1, 0.15) is 5.75 Å². The number of fused-ring (bicyclic) bond motifs is 1. The molecule has 2 saturated heterocycles. The summed E-state index contributed by atoms with van der Waals surface area (Å²) in [7, 11) is 2.15. The van der Waals surface area contributed by atoms with E-state index < -0.39 is 0 Å². The van der Waals surface area contributed by atoms with Crippen LogP contribution < -0.4 is 4.74 Å². The number of carbonyl (C=O) groups is 2. The Labute approximate surface area is 188 Å². The van der Waals surface area contributed by atoms with Crippen molar-refractivity contribution in [3.05, 3.63) is 29.3 Å². The summed E-state index contributed by atoms with van der Waals surface area (Å²) in [6.45, 7) is 5.45. The van der Waals surface area contributed by atoms with Crippen molar-refractivity contribution < 1.29 is 24.5 Å². The SMILES string of the molecule is CN1CCN([C@@H]2C[C@@H]3CN(C(=O)COc4cccc(Cl)c4)C[C@@H]3C[C@H]2O)CC1.O=CO. The van der Waals surface area contributed by atoms with Gasteiger partial charge < -0.3 is 24.7 Å². The minimum atomic E-state index is -0.289. The predicted octanol–water partition coefficient (Wildman–Crippen LogP) is 1.26. The van der Waals surface area contributed by atoms with Crippen molar-refractivity contribution in [1.82, 2.24) is 14.7 Å². The van der Waals surface area contributed by atoms with Gasteiger partial charge in [0.2, 0.25) is 0 Å². The molecule has 0 spiro atoms. The van der Waals surface area contributed by atoms with E-state index in [0.717, 1.165) is 52.1 Å². The average Bonchev–Trinajstić information content (AvgIpc) is 3.16. The largest absolute Gasteiger partial charge is 0.484 e. The molecule has 0 unspecified atom stereocenters. The highest BCUT2D eigenvalue weighted by Crippen LogP contribution is 2.38. The molecule has 0 bridgehead atoms. The molecular formula is C22H32ClN3O5. The highest BCUT2D eigenvalue weighted by Gasteiger charge is 2.44. The lowest BCUT2D eigenvalue weighted by Gasteiger charge is -2.44. The van der Waals surface area contributed by atoms with Crippen LogP contribution in [-0.4, -0.2) is 102 Å². The van der Waals surface area contributed by atoms with Crippen LogP contribution in [0.4, 0.5) is 0 Å². The van der Waals surface area contributed by atoms with Gasteiger partial charge in [-0.1, -0.05) is 17.7 Å². The van der Waals surface area contributed by atoms with Gasteiger partial charge in [-0.3, -0.25) is 14.5 Å². The van der Waals surface area contributed by atoms with E-state index in [1.165, 1.54) is 0 Å². The molecule has 1 aliphatic carbocycles. The lowest BCUT2D eigenvalue weighted by Crippen LogP contribution is -2.55. The fourth-order valence-electron chi connectivity index (χ4n) is 4.95. The van der Waals surface area contributed by atoms with Crippen molar-refractivity contribution in [1.29, 1.82) is 0 Å². The van der Waals surface area contributed by atoms with Gasteiger partial charge >= 0.3 is 0 Å². The number of piperazine rings is 1. The Balaban J connectivity index is 0.000000858. The molecule has 2 heterocycles. The Hall–Kier alpha value is -1.87. The molecule has 1 aromatic carbocycles. The van der Waals surface area contributed by atoms with E-state index in [1.54, 1.807) is 18.2 Å². The highest BCUT2D eigenvalue weighted by molar-refractivity contribution is 6.30. The zero-order valence-electron chi connectivity index (χ0n) is 17.9. The third-order valence-corrected chi connectivity index (χ3v) is 6.86. The van der Waals surface area contributed by atoms with Gasteiger partial charge in [0, 0.05) is 50.3 Å². The van der Waals surface area contributed by atoms with Crippen molar-refractivity contribution in [3.63, 3.8) is 0 Å². The fraction of sp³-hybridized carbons (Fsp3) is 0.636. The first-order valence-electron chi connectivity index (χ1n) is 10.8. The second-order valence-corrected chi connectivity index (χ2v) is 9.05. The van der Waals surface area contributed by atoms with Crippen LogP contribution in [0.5, 0.6) is 5.75 Å². The number of hydrogen-bond donors (Lipinski definition) is 2. The summed E-state index contributed by atoms with van der Waals surface area (Å²) >= 11 is 5.96. The lowest BCUT2D eigenvalue weighted by atomic mass is 9.77. The predicted molar refractivity (Wildman–Crippen MR) is 117 cm³/mol. The number of carbonyl (C=O) groups excluding carboxylic acids is 1. The third kappa shape index (κ3) is 6.32. The van der Waals surface area contributed by atoms with E-state index in [1.807, 2.05) is 11.0 Å². The maximum atomic E-state index is 12.6. The van der Waals surface area contributed by atoms with Gasteiger partial charge in [-0.25, -0.2) is 0 Å². The third-order valence-electron chi connectivity index (χ3n) is 6.63. The number of ether oxygens (including phenoxy) is 1. The minimum Gasteiger partial charge on any atom is -0.484 e. The number of aliphatic hydroxyl groups excluding tert-OH is 1. The maximum absolute atomic E-state index is 12.6. The van der Waals surface area contributed by atoms with Crippen molar-refractivity contribution in [2.75, 3.05) is 52.9 Å². The van der Waals surface area contributed by atoms with Crippen LogP contribution in [0.1, 0.15) is 12.8 Å². The maximum Gasteiger partial charge on any atom is 0.290 e. The van der Waals surface area contributed by atoms with Crippen molar-refractivity contribution in [3.8, 4) is 5.75 Å². The normalized spacial score (nSPS) is 28.9. The van der Waals surface area contributed by atoms with E-state index >= 15 is 0 Å². The number of halogens is 1. The molecular weight excluding hydrogens is 422 g/mol. The second kappa shape index (κ2) is 11.1. The molecule has 0 aromatic heterocycles. The zero-order valence-corrected chi connectivity index (χ0v) is 18.7. The Morgan fingerprint density at radius 3 is 2.48 bits per heavy atom. The van der Waals surface area contributed by atoms with Gasteiger partial charge in [-0.05, 0) is 49.9 Å². The zero-order chi connectivity index (χ0) is 22.4. The molecule has 1 saturated carbocycles. The number of likely N-dealkylation sites (N-methyl/N-ethyl adjacent to an activating group) is 1. The number of carboxylic acid groups (broad SMARTS) is 1. The molecule has 8 nitrogen and oxygen atoms in total. The van der Waals surface area contributed by atoms with E-state index in [-0.39, 0.29) is 31.1 Å². The summed E-state index contributed by atoms with van der Waals surface area (Å²) in [4.78, 5) is 27.7. The second-order valence-electron chi connectivity index (χ2n) is 8.62. The number of rotatable bonds is 4. The van der Waals surface area contributed by atoms with Crippen LogP contribution in [0.2, 0.25) is 5.02 Å². The Kier molecular flexibility index (Phi) is 8.54. The molecule has 4 atom stereocenters. The number of nitrogens with zero attached hydrogens (tertiary/aromatic N) is 3. The first-order valence-corrected chi connectivity index (χ1v) is 11.1. The minimum absolute atomic E-state index is 0.0139. The summed E-state index contributed by atoms with van der Waals surface area (Å²) in [6, 6.07) is 7.35. The number of amides is 1. The molecule has 3 aliphatic rings. The standard InChI is InChI=1S/C21H30ClN3O3.CH2O2/c1-23-5-7-24(8-6-23)19-9-15-12-25(13-16(15)10-20(19)26)21(27)14-28-18-4-2-3-17(22)11-18;2-1-3/h2-4,11,15-16,19-20,26H,5-10,12-14H2,1H3;1H,(H,2,3)/t15-,16+,19-,20-;/m1./s1. The molecule has 2 N–H and O–H groups in total. The topological polar surface area (TPSA) is 93.5 Å². The number of likely N-dealkylation sites (tertiary alicyclic amines) is 1. The van der Waals surface area contributed by atoms with Gasteiger partial charge in [0.25, 0.3) is 12.4 Å². The number of hydrogen-bond acceptors (Lipinski definition) is 6. The summed E-state index contributed by atoms with van der Waals surface area (Å²) in [5, 5.41) is 18.2. The monoisotopic (exact) mass is 453 g/mol. The van der Waals surface area contributed by atoms with Crippen LogP contribution in [0.3, 0.4) is 0 Å². The number of benzene rings is 1. The van der Waals surface area contributed by atoms with Crippen LogP contribution in [0.15, 0.2) is 24.3 Å². The fourth-order valence-corrected chi connectivity index (χ4v) is 5.13. The first-order chi connectivity index (χ1) is 14.9. The molecule has 3 fully saturated rings. The van der Waals surface area contributed by atoms with E-state index in [4.69, 9.17) is 26.2 Å². The molecule has 4 rings (SSSR count). The van der Waals surface area contributed by atoms with Crippen LogP contribution in [0.25, 0.3) is 0 Å². The molecule has 9 heteroatoms. The molecule has 172 valence electrons. The van der Waals surface area contributed by atoms with Crippen molar-refractivity contribution >= 4 is 24.0 Å². The molecule has 0 radical (unpaired) electrons. The molecule has 1 aromatic rings. The van der Waals surface area contributed by atoms with Crippen molar-refractivity contribution in [2.24, 2.45) is 11.8 Å². The van der Waals surface area contributed by atoms with Gasteiger partial charge in [0.15, 0.2) is 6.61 Å². The molecule has 1 amide bonds. The summed E-state index contributed by atoms with van der Waals surface area (Å²) < 4.78 is 5.62. The summed E-state index contributed by atoms with van der Waals surface area (Å²) in [6.07, 6.45) is 1.48. The average molecular weight is 454 g/mol. The lowest BCUT2D eigenvalue weighted by molar-refractivity contribution is -0.132. The van der Waals surface area contributed by atoms with E-state index in [0.29, 0.717) is 22.6 Å².